The fourth-order valence-corrected chi connectivity index (χ4v) is 4.59. The van der Waals surface area contributed by atoms with Gasteiger partial charge in [-0.25, -0.2) is 0 Å². The molecule has 11 heavy (non-hydrogen) atoms. The predicted molar refractivity (Wildman–Crippen MR) is 56.9 cm³/mol. The third-order valence-corrected chi connectivity index (χ3v) is 8.06. The van der Waals surface area contributed by atoms with Crippen molar-refractivity contribution < 1.29 is 0 Å². The Hall–Kier alpha value is -0.0900. The third kappa shape index (κ3) is 1.08. The van der Waals surface area contributed by atoms with E-state index in [1.807, 2.05) is 0 Å². The summed E-state index contributed by atoms with van der Waals surface area (Å²) in [5, 5.41) is 3.35. The fourth-order valence-electron chi connectivity index (χ4n) is 1.78. The van der Waals surface area contributed by atoms with Gasteiger partial charge < -0.3 is 0 Å². The van der Waals surface area contributed by atoms with E-state index in [-0.39, 0.29) is 0 Å². The molecule has 0 unspecified atom stereocenters. The standard InChI is InChI=1S/C10H19P/c1-7-8(2)10(4)11(5,6)9(7)3/h11H,1-6H3. The second-order valence-corrected chi connectivity index (χ2v) is 8.88. The SMILES string of the molecule is CC1=C(C)[PH](C)(C)C(C)=C1C. The molecular formula is C10H19P. The van der Waals surface area contributed by atoms with Crippen molar-refractivity contribution >= 4 is 7.26 Å². The fraction of sp³-hybridized carbons (Fsp3) is 0.600. The van der Waals surface area contributed by atoms with Crippen LogP contribution in [0.5, 0.6) is 0 Å². The minimum atomic E-state index is -1.11. The Labute approximate surface area is 70.7 Å². The Morgan fingerprint density at radius 3 is 1.09 bits per heavy atom. The molecule has 64 valence electrons. The number of hydrogen-bond donors (Lipinski definition) is 0. The van der Waals surface area contributed by atoms with Crippen LogP contribution in [0.4, 0.5) is 0 Å². The summed E-state index contributed by atoms with van der Waals surface area (Å²) in [5.74, 6) is 0. The zero-order chi connectivity index (χ0) is 8.81. The summed E-state index contributed by atoms with van der Waals surface area (Å²) in [4.78, 5) is 0. The first-order valence-corrected chi connectivity index (χ1v) is 7.25. The van der Waals surface area contributed by atoms with Gasteiger partial charge in [0.05, 0.1) is 0 Å². The molecule has 1 rings (SSSR count). The monoisotopic (exact) mass is 170 g/mol. The average Bonchev–Trinajstić information content (AvgIpc) is 2.06. The normalized spacial score (nSPS) is 26.4. The first-order valence-electron chi connectivity index (χ1n) is 4.25. The van der Waals surface area contributed by atoms with E-state index >= 15 is 0 Å². The summed E-state index contributed by atoms with van der Waals surface area (Å²) in [6, 6.07) is 0. The summed E-state index contributed by atoms with van der Waals surface area (Å²) in [6.45, 7) is 14.0. The van der Waals surface area contributed by atoms with Crippen molar-refractivity contribution in [2.45, 2.75) is 27.7 Å². The molecule has 1 aliphatic heterocycles. The first-order chi connectivity index (χ1) is 4.89. The van der Waals surface area contributed by atoms with Crippen molar-refractivity contribution in [3.05, 3.63) is 21.8 Å². The van der Waals surface area contributed by atoms with E-state index < -0.39 is 7.26 Å². The van der Waals surface area contributed by atoms with Crippen molar-refractivity contribution in [3.8, 4) is 0 Å². The quantitative estimate of drug-likeness (QED) is 0.487. The maximum absolute atomic E-state index is 2.44. The Bertz CT molecular complexity index is 228. The van der Waals surface area contributed by atoms with Crippen LogP contribution in [0.15, 0.2) is 21.8 Å². The number of hydrogen-bond acceptors (Lipinski definition) is 0. The van der Waals surface area contributed by atoms with E-state index in [2.05, 4.69) is 41.0 Å². The molecule has 0 radical (unpaired) electrons. The third-order valence-electron chi connectivity index (χ3n) is 3.56. The maximum atomic E-state index is 2.44. The first kappa shape index (κ1) is 9.00. The topological polar surface area (TPSA) is 0 Å². The van der Waals surface area contributed by atoms with Crippen LogP contribution in [-0.2, 0) is 0 Å². The summed E-state index contributed by atoms with van der Waals surface area (Å²) in [7, 11) is -1.11. The van der Waals surface area contributed by atoms with Gasteiger partial charge in [0.2, 0.25) is 0 Å². The molecule has 1 heterocycles. The van der Waals surface area contributed by atoms with Gasteiger partial charge in [0.1, 0.15) is 0 Å². The Morgan fingerprint density at radius 2 is 1.00 bits per heavy atom. The van der Waals surface area contributed by atoms with Gasteiger partial charge in [0.15, 0.2) is 0 Å². The van der Waals surface area contributed by atoms with Gasteiger partial charge in [-0.1, -0.05) is 0 Å². The van der Waals surface area contributed by atoms with Crippen LogP contribution in [0.3, 0.4) is 0 Å². The summed E-state index contributed by atoms with van der Waals surface area (Å²) >= 11 is 0. The Morgan fingerprint density at radius 1 is 0.727 bits per heavy atom. The Balaban J connectivity index is 3.27. The van der Waals surface area contributed by atoms with Gasteiger partial charge in [-0.2, -0.15) is 0 Å². The zero-order valence-corrected chi connectivity index (χ0v) is 9.50. The van der Waals surface area contributed by atoms with Crippen LogP contribution in [0.25, 0.3) is 0 Å². The second-order valence-electron chi connectivity index (χ2n) is 4.12. The van der Waals surface area contributed by atoms with Crippen LogP contribution in [0, 0.1) is 0 Å². The van der Waals surface area contributed by atoms with E-state index in [4.69, 9.17) is 0 Å². The molecule has 0 amide bonds. The van der Waals surface area contributed by atoms with Crippen LogP contribution in [0.1, 0.15) is 27.7 Å². The van der Waals surface area contributed by atoms with Crippen LogP contribution < -0.4 is 0 Å². The Kier molecular flexibility index (Phi) is 2.01. The van der Waals surface area contributed by atoms with E-state index in [1.165, 1.54) is 0 Å². The summed E-state index contributed by atoms with van der Waals surface area (Å²) in [6.07, 6.45) is 0. The molecule has 0 saturated carbocycles. The van der Waals surface area contributed by atoms with Crippen LogP contribution in [-0.4, -0.2) is 13.3 Å². The molecule has 0 aromatic rings. The molecule has 0 saturated heterocycles. The van der Waals surface area contributed by atoms with Crippen molar-refractivity contribution in [3.63, 3.8) is 0 Å². The molecule has 1 heteroatoms. The molecule has 1 aliphatic rings. The molecule has 0 N–H and O–H groups in total. The molecule has 0 aromatic carbocycles. The van der Waals surface area contributed by atoms with E-state index in [0.717, 1.165) is 0 Å². The van der Waals surface area contributed by atoms with Crippen molar-refractivity contribution in [2.75, 3.05) is 13.3 Å². The summed E-state index contributed by atoms with van der Waals surface area (Å²) < 4.78 is 0. The average molecular weight is 170 g/mol. The molecule has 0 fully saturated rings. The predicted octanol–water partition coefficient (Wildman–Crippen LogP) is 3.60. The van der Waals surface area contributed by atoms with E-state index in [1.54, 1.807) is 21.8 Å². The molecular weight excluding hydrogens is 151 g/mol. The van der Waals surface area contributed by atoms with Crippen LogP contribution in [0.2, 0.25) is 0 Å². The molecule has 0 nitrogen and oxygen atoms in total. The van der Waals surface area contributed by atoms with Gasteiger partial charge in [-0.05, 0) is 0 Å². The molecule has 0 bridgehead atoms. The van der Waals surface area contributed by atoms with Gasteiger partial charge >= 0.3 is 70.1 Å². The van der Waals surface area contributed by atoms with Gasteiger partial charge in [-0.3, -0.25) is 0 Å². The number of rotatable bonds is 0. The van der Waals surface area contributed by atoms with Crippen molar-refractivity contribution in [1.29, 1.82) is 0 Å². The van der Waals surface area contributed by atoms with Gasteiger partial charge in [0, 0.05) is 0 Å². The van der Waals surface area contributed by atoms with Crippen LogP contribution >= 0.6 is 7.26 Å². The zero-order valence-electron chi connectivity index (χ0n) is 8.50. The van der Waals surface area contributed by atoms with Gasteiger partial charge in [-0.15, -0.1) is 0 Å². The molecule has 0 aliphatic carbocycles. The number of allylic oxidation sites excluding steroid dienone is 4. The molecule has 0 aromatic heterocycles. The second kappa shape index (κ2) is 2.45. The van der Waals surface area contributed by atoms with Crippen molar-refractivity contribution in [2.24, 2.45) is 0 Å². The minimum absolute atomic E-state index is 1.11. The van der Waals surface area contributed by atoms with Crippen molar-refractivity contribution in [1.82, 2.24) is 0 Å². The van der Waals surface area contributed by atoms with Gasteiger partial charge in [0.25, 0.3) is 0 Å². The molecule has 0 atom stereocenters. The van der Waals surface area contributed by atoms with E-state index in [0.29, 0.717) is 0 Å². The summed E-state index contributed by atoms with van der Waals surface area (Å²) in [5.41, 5.74) is 3.11. The van der Waals surface area contributed by atoms with E-state index in [9.17, 15) is 0 Å². The molecule has 0 spiro atoms.